The Balaban J connectivity index is 1.57. The van der Waals surface area contributed by atoms with Crippen LogP contribution in [0.5, 0.6) is 0 Å². The van der Waals surface area contributed by atoms with Crippen molar-refractivity contribution >= 4 is 17.3 Å². The summed E-state index contributed by atoms with van der Waals surface area (Å²) in [6.07, 6.45) is 2.51. The van der Waals surface area contributed by atoms with Crippen molar-refractivity contribution in [2.75, 3.05) is 16.8 Å². The van der Waals surface area contributed by atoms with Gasteiger partial charge in [-0.2, -0.15) is 0 Å². The van der Waals surface area contributed by atoms with E-state index in [2.05, 4.69) is 49.5 Å². The number of hydrogen-bond acceptors (Lipinski definition) is 2. The summed E-state index contributed by atoms with van der Waals surface area (Å²) in [6, 6.07) is 16.9. The van der Waals surface area contributed by atoms with Crippen LogP contribution in [0, 0.1) is 0 Å². The summed E-state index contributed by atoms with van der Waals surface area (Å²) in [6.45, 7) is 4.93. The molecule has 0 saturated heterocycles. The summed E-state index contributed by atoms with van der Waals surface area (Å²) >= 11 is 0. The molecule has 3 nitrogen and oxygen atoms in total. The van der Waals surface area contributed by atoms with Gasteiger partial charge >= 0.3 is 0 Å². The molecule has 1 N–H and O–H groups in total. The number of rotatable bonds is 5. The normalized spacial score (nSPS) is 16.3. The van der Waals surface area contributed by atoms with Gasteiger partial charge in [0.05, 0.1) is 0 Å². The second-order valence-corrected chi connectivity index (χ2v) is 6.17. The number of carbonyl (C=O) groups excluding carboxylic acids is 1. The van der Waals surface area contributed by atoms with E-state index < -0.39 is 0 Å². The predicted molar refractivity (Wildman–Crippen MR) is 96.0 cm³/mol. The van der Waals surface area contributed by atoms with E-state index in [-0.39, 0.29) is 11.9 Å². The summed E-state index contributed by atoms with van der Waals surface area (Å²) in [5.41, 5.74) is 4.76. The average molecular weight is 308 g/mol. The van der Waals surface area contributed by atoms with Gasteiger partial charge in [0.1, 0.15) is 0 Å². The molecule has 1 heterocycles. The van der Waals surface area contributed by atoms with Crippen LogP contribution in [0.15, 0.2) is 48.5 Å². The lowest BCUT2D eigenvalue weighted by atomic mass is 10.1. The summed E-state index contributed by atoms with van der Waals surface area (Å²) in [5.74, 6) is 0.195. The molecular formula is C20H24N2O. The topological polar surface area (TPSA) is 32.3 Å². The molecule has 1 amide bonds. The number of carbonyl (C=O) groups is 1. The van der Waals surface area contributed by atoms with Gasteiger partial charge in [-0.1, -0.05) is 37.3 Å². The molecule has 0 aromatic heterocycles. The average Bonchev–Trinajstić information content (AvgIpc) is 2.91. The monoisotopic (exact) mass is 308 g/mol. The second-order valence-electron chi connectivity index (χ2n) is 6.17. The van der Waals surface area contributed by atoms with Crippen LogP contribution in [-0.2, 0) is 17.6 Å². The lowest BCUT2D eigenvalue weighted by Crippen LogP contribution is -2.36. The Hall–Kier alpha value is -2.29. The van der Waals surface area contributed by atoms with Gasteiger partial charge in [-0.15, -0.1) is 0 Å². The molecule has 1 atom stereocenters. The van der Waals surface area contributed by atoms with Crippen LogP contribution in [-0.4, -0.2) is 18.5 Å². The third-order valence-corrected chi connectivity index (χ3v) is 4.51. The predicted octanol–water partition coefficient (Wildman–Crippen LogP) is 4.03. The number of aryl methyl sites for hydroxylation is 1. The van der Waals surface area contributed by atoms with Gasteiger partial charge in [0.25, 0.3) is 0 Å². The van der Waals surface area contributed by atoms with Gasteiger partial charge in [-0.25, -0.2) is 0 Å². The molecule has 0 aliphatic carbocycles. The van der Waals surface area contributed by atoms with Crippen LogP contribution in [0.4, 0.5) is 11.4 Å². The molecule has 0 spiro atoms. The fourth-order valence-electron chi connectivity index (χ4n) is 3.24. The fraction of sp³-hybridized carbons (Fsp3) is 0.350. The highest BCUT2D eigenvalue weighted by Gasteiger charge is 2.29. The van der Waals surface area contributed by atoms with Crippen molar-refractivity contribution in [3.63, 3.8) is 0 Å². The van der Waals surface area contributed by atoms with Crippen LogP contribution in [0.25, 0.3) is 0 Å². The first kappa shape index (κ1) is 15.6. The molecule has 1 unspecified atom stereocenters. The van der Waals surface area contributed by atoms with Crippen LogP contribution in [0.3, 0.4) is 0 Å². The zero-order valence-electron chi connectivity index (χ0n) is 13.9. The Morgan fingerprint density at radius 2 is 1.91 bits per heavy atom. The molecule has 1 aliphatic heterocycles. The quantitative estimate of drug-likeness (QED) is 0.904. The Labute approximate surface area is 138 Å². The SMILES string of the molecule is CCc1ccc(NCCC(=O)N2c3ccccc3CC2C)cc1. The fourth-order valence-corrected chi connectivity index (χ4v) is 3.24. The number of fused-ring (bicyclic) bond motifs is 1. The van der Waals surface area contributed by atoms with E-state index in [0.717, 1.165) is 24.2 Å². The molecule has 3 heteroatoms. The summed E-state index contributed by atoms with van der Waals surface area (Å²) < 4.78 is 0. The largest absolute Gasteiger partial charge is 0.385 e. The van der Waals surface area contributed by atoms with Crippen molar-refractivity contribution in [2.24, 2.45) is 0 Å². The van der Waals surface area contributed by atoms with Crippen molar-refractivity contribution in [2.45, 2.75) is 39.2 Å². The van der Waals surface area contributed by atoms with E-state index in [9.17, 15) is 4.79 Å². The van der Waals surface area contributed by atoms with E-state index in [1.54, 1.807) is 0 Å². The summed E-state index contributed by atoms with van der Waals surface area (Å²) in [5, 5.41) is 3.34. The Kier molecular flexibility index (Phi) is 4.65. The molecule has 2 aromatic carbocycles. The van der Waals surface area contributed by atoms with E-state index in [1.807, 2.05) is 23.1 Å². The molecule has 0 bridgehead atoms. The maximum absolute atomic E-state index is 12.6. The number of nitrogens with one attached hydrogen (secondary N) is 1. The molecule has 0 radical (unpaired) electrons. The smallest absolute Gasteiger partial charge is 0.229 e. The number of hydrogen-bond donors (Lipinski definition) is 1. The van der Waals surface area contributed by atoms with Crippen LogP contribution in [0.1, 0.15) is 31.4 Å². The van der Waals surface area contributed by atoms with Crippen molar-refractivity contribution in [3.8, 4) is 0 Å². The van der Waals surface area contributed by atoms with Gasteiger partial charge in [0, 0.05) is 30.4 Å². The van der Waals surface area contributed by atoms with Crippen LogP contribution < -0.4 is 10.2 Å². The van der Waals surface area contributed by atoms with Crippen molar-refractivity contribution in [3.05, 3.63) is 59.7 Å². The maximum atomic E-state index is 12.6. The number of nitrogens with zero attached hydrogens (tertiary/aromatic N) is 1. The first-order chi connectivity index (χ1) is 11.2. The van der Waals surface area contributed by atoms with Gasteiger partial charge in [-0.3, -0.25) is 4.79 Å². The van der Waals surface area contributed by atoms with E-state index in [1.165, 1.54) is 11.1 Å². The van der Waals surface area contributed by atoms with Crippen molar-refractivity contribution < 1.29 is 4.79 Å². The molecular weight excluding hydrogens is 284 g/mol. The van der Waals surface area contributed by atoms with Gasteiger partial charge in [0.2, 0.25) is 5.91 Å². The Bertz CT molecular complexity index is 678. The molecule has 0 saturated carbocycles. The lowest BCUT2D eigenvalue weighted by Gasteiger charge is -2.23. The number of anilines is 2. The van der Waals surface area contributed by atoms with Crippen LogP contribution in [0.2, 0.25) is 0 Å². The van der Waals surface area contributed by atoms with E-state index >= 15 is 0 Å². The Morgan fingerprint density at radius 1 is 1.17 bits per heavy atom. The third kappa shape index (κ3) is 3.39. The highest BCUT2D eigenvalue weighted by atomic mass is 16.2. The first-order valence-corrected chi connectivity index (χ1v) is 8.42. The zero-order chi connectivity index (χ0) is 16.2. The van der Waals surface area contributed by atoms with Crippen LogP contribution >= 0.6 is 0 Å². The van der Waals surface area contributed by atoms with Gasteiger partial charge in [-0.05, 0) is 49.1 Å². The lowest BCUT2D eigenvalue weighted by molar-refractivity contribution is -0.118. The molecule has 3 rings (SSSR count). The minimum absolute atomic E-state index is 0.195. The van der Waals surface area contributed by atoms with E-state index in [0.29, 0.717) is 13.0 Å². The van der Waals surface area contributed by atoms with Gasteiger partial charge in [0.15, 0.2) is 0 Å². The Morgan fingerprint density at radius 3 is 2.65 bits per heavy atom. The van der Waals surface area contributed by atoms with Gasteiger partial charge < -0.3 is 10.2 Å². The minimum atomic E-state index is 0.195. The van der Waals surface area contributed by atoms with E-state index in [4.69, 9.17) is 0 Å². The number of para-hydroxylation sites is 1. The molecule has 1 aliphatic rings. The second kappa shape index (κ2) is 6.86. The standard InChI is InChI=1S/C20H24N2O/c1-3-16-8-10-18(11-9-16)21-13-12-20(23)22-15(2)14-17-6-4-5-7-19(17)22/h4-11,15,21H,3,12-14H2,1-2H3. The zero-order valence-corrected chi connectivity index (χ0v) is 13.9. The van der Waals surface area contributed by atoms with Crippen molar-refractivity contribution in [1.29, 1.82) is 0 Å². The first-order valence-electron chi connectivity index (χ1n) is 8.42. The highest BCUT2D eigenvalue weighted by molar-refractivity contribution is 5.96. The number of amides is 1. The third-order valence-electron chi connectivity index (χ3n) is 4.51. The summed E-state index contributed by atoms with van der Waals surface area (Å²) in [7, 11) is 0. The molecule has 23 heavy (non-hydrogen) atoms. The minimum Gasteiger partial charge on any atom is -0.385 e. The highest BCUT2D eigenvalue weighted by Crippen LogP contribution is 2.32. The van der Waals surface area contributed by atoms with Crippen molar-refractivity contribution in [1.82, 2.24) is 0 Å². The molecule has 0 fully saturated rings. The maximum Gasteiger partial charge on any atom is 0.229 e. The molecule has 2 aromatic rings. The number of benzene rings is 2. The summed E-state index contributed by atoms with van der Waals surface area (Å²) in [4.78, 5) is 14.6. The molecule has 120 valence electrons.